The number of benzene rings is 1. The van der Waals surface area contributed by atoms with E-state index in [9.17, 15) is 0 Å². The van der Waals surface area contributed by atoms with Crippen molar-refractivity contribution in [3.05, 3.63) is 34.9 Å². The van der Waals surface area contributed by atoms with Gasteiger partial charge in [0.25, 0.3) is 0 Å². The minimum Gasteiger partial charge on any atom is -0.372 e. The van der Waals surface area contributed by atoms with Crippen LogP contribution < -0.4 is 0 Å². The minimum atomic E-state index is 0.410. The Morgan fingerprint density at radius 1 is 1.20 bits per heavy atom. The topological polar surface area (TPSA) is 9.23 Å². The second-order valence-corrected chi connectivity index (χ2v) is 5.29. The summed E-state index contributed by atoms with van der Waals surface area (Å²) in [5.74, 6) is 0. The average molecular weight is 204 g/mol. The average Bonchev–Trinajstić information content (AvgIpc) is 2.64. The molecular weight excluding hydrogens is 184 g/mol. The Labute approximate surface area is 92.5 Å². The van der Waals surface area contributed by atoms with Crippen LogP contribution in [0.4, 0.5) is 0 Å². The van der Waals surface area contributed by atoms with Gasteiger partial charge in [-0.3, -0.25) is 0 Å². The van der Waals surface area contributed by atoms with E-state index in [1.54, 1.807) is 0 Å². The van der Waals surface area contributed by atoms with E-state index >= 15 is 0 Å². The third-order valence-electron chi connectivity index (χ3n) is 3.43. The fraction of sp³-hybridized carbons (Fsp3) is 0.571. The molecule has 0 saturated carbocycles. The zero-order valence-electron chi connectivity index (χ0n) is 9.97. The van der Waals surface area contributed by atoms with Crippen molar-refractivity contribution in [1.29, 1.82) is 0 Å². The summed E-state index contributed by atoms with van der Waals surface area (Å²) in [7, 11) is 0. The Bertz CT molecular complexity index is 352. The van der Waals surface area contributed by atoms with Crippen molar-refractivity contribution in [2.24, 2.45) is 5.41 Å². The number of ether oxygens (including phenoxy) is 1. The number of hydrogen-bond acceptors (Lipinski definition) is 1. The van der Waals surface area contributed by atoms with Crippen LogP contribution in [0.15, 0.2) is 18.2 Å². The molecular formula is C14H20O. The van der Waals surface area contributed by atoms with E-state index in [0.29, 0.717) is 5.41 Å². The second-order valence-electron chi connectivity index (χ2n) is 5.29. The van der Waals surface area contributed by atoms with Gasteiger partial charge in [0.2, 0.25) is 0 Å². The molecule has 0 fully saturated rings. The Balaban J connectivity index is 2.17. The van der Waals surface area contributed by atoms with Crippen LogP contribution in [0.5, 0.6) is 0 Å². The summed E-state index contributed by atoms with van der Waals surface area (Å²) >= 11 is 0. The summed E-state index contributed by atoms with van der Waals surface area (Å²) in [6, 6.07) is 6.80. The summed E-state index contributed by atoms with van der Waals surface area (Å²) in [5, 5.41) is 0. The lowest BCUT2D eigenvalue weighted by Crippen LogP contribution is -2.13. The Morgan fingerprint density at radius 2 is 1.93 bits per heavy atom. The molecule has 0 amide bonds. The lowest BCUT2D eigenvalue weighted by Gasteiger charge is -2.22. The van der Waals surface area contributed by atoms with Gasteiger partial charge in [-0.1, -0.05) is 45.4 Å². The molecule has 15 heavy (non-hydrogen) atoms. The van der Waals surface area contributed by atoms with Crippen molar-refractivity contribution in [1.82, 2.24) is 0 Å². The molecule has 0 spiro atoms. The van der Waals surface area contributed by atoms with E-state index in [0.717, 1.165) is 19.6 Å². The van der Waals surface area contributed by atoms with Gasteiger partial charge >= 0.3 is 0 Å². The van der Waals surface area contributed by atoms with Crippen LogP contribution in [-0.2, 0) is 24.4 Å². The smallest absolute Gasteiger partial charge is 0.0725 e. The van der Waals surface area contributed by atoms with E-state index < -0.39 is 0 Å². The summed E-state index contributed by atoms with van der Waals surface area (Å²) in [4.78, 5) is 0. The quantitative estimate of drug-likeness (QED) is 0.729. The van der Waals surface area contributed by atoms with Crippen molar-refractivity contribution in [2.45, 2.75) is 46.8 Å². The number of fused-ring (bicyclic) bond motifs is 1. The standard InChI is InChI=1S/C14H20O/c1-4-14(2,3)8-11-5-6-12-9-15-10-13(12)7-11/h5-7H,4,8-10H2,1-3H3. The van der Waals surface area contributed by atoms with Crippen LogP contribution in [-0.4, -0.2) is 0 Å². The van der Waals surface area contributed by atoms with Crippen molar-refractivity contribution < 1.29 is 4.74 Å². The van der Waals surface area contributed by atoms with Crippen molar-refractivity contribution in [3.63, 3.8) is 0 Å². The lowest BCUT2D eigenvalue weighted by molar-refractivity contribution is 0.134. The van der Waals surface area contributed by atoms with Gasteiger partial charge in [0.1, 0.15) is 0 Å². The molecule has 0 aromatic heterocycles. The van der Waals surface area contributed by atoms with Gasteiger partial charge in [-0.2, -0.15) is 0 Å². The van der Waals surface area contributed by atoms with Gasteiger partial charge in [-0.25, -0.2) is 0 Å². The van der Waals surface area contributed by atoms with Gasteiger partial charge in [0.15, 0.2) is 0 Å². The molecule has 0 radical (unpaired) electrons. The molecule has 0 bridgehead atoms. The summed E-state index contributed by atoms with van der Waals surface area (Å²) in [5.41, 5.74) is 4.62. The summed E-state index contributed by atoms with van der Waals surface area (Å²) < 4.78 is 5.43. The number of rotatable bonds is 3. The third kappa shape index (κ3) is 2.40. The van der Waals surface area contributed by atoms with Gasteiger partial charge in [0, 0.05) is 0 Å². The van der Waals surface area contributed by atoms with Crippen molar-refractivity contribution in [3.8, 4) is 0 Å². The monoisotopic (exact) mass is 204 g/mol. The highest BCUT2D eigenvalue weighted by molar-refractivity contribution is 5.33. The largest absolute Gasteiger partial charge is 0.372 e. The number of hydrogen-bond donors (Lipinski definition) is 0. The molecule has 1 aliphatic heterocycles. The van der Waals surface area contributed by atoms with Crippen molar-refractivity contribution >= 4 is 0 Å². The van der Waals surface area contributed by atoms with Crippen LogP contribution in [0, 0.1) is 5.41 Å². The van der Waals surface area contributed by atoms with E-state index in [1.807, 2.05) is 0 Å². The lowest BCUT2D eigenvalue weighted by atomic mass is 9.83. The third-order valence-corrected chi connectivity index (χ3v) is 3.43. The molecule has 1 nitrogen and oxygen atoms in total. The van der Waals surface area contributed by atoms with Crippen LogP contribution >= 0.6 is 0 Å². The second kappa shape index (κ2) is 3.97. The van der Waals surface area contributed by atoms with Crippen LogP contribution in [0.25, 0.3) is 0 Å². The zero-order chi connectivity index (χ0) is 10.9. The van der Waals surface area contributed by atoms with Gasteiger partial charge in [-0.15, -0.1) is 0 Å². The molecule has 0 unspecified atom stereocenters. The molecule has 0 aliphatic carbocycles. The Hall–Kier alpha value is -0.820. The first-order valence-electron chi connectivity index (χ1n) is 5.79. The SMILES string of the molecule is CCC(C)(C)Cc1ccc2c(c1)COC2. The van der Waals surface area contributed by atoms with Crippen molar-refractivity contribution in [2.75, 3.05) is 0 Å². The van der Waals surface area contributed by atoms with Gasteiger partial charge < -0.3 is 4.74 Å². The molecule has 1 heterocycles. The summed E-state index contributed by atoms with van der Waals surface area (Å²) in [6.07, 6.45) is 2.39. The van der Waals surface area contributed by atoms with E-state index in [-0.39, 0.29) is 0 Å². The van der Waals surface area contributed by atoms with Crippen LogP contribution in [0.2, 0.25) is 0 Å². The maximum Gasteiger partial charge on any atom is 0.0725 e. The fourth-order valence-electron chi connectivity index (χ4n) is 2.01. The van der Waals surface area contributed by atoms with E-state index in [1.165, 1.54) is 23.1 Å². The molecule has 1 aliphatic rings. The molecule has 0 atom stereocenters. The predicted octanol–water partition coefficient (Wildman–Crippen LogP) is 3.70. The van der Waals surface area contributed by atoms with E-state index in [2.05, 4.69) is 39.0 Å². The molecule has 0 saturated heterocycles. The first-order valence-corrected chi connectivity index (χ1v) is 5.79. The highest BCUT2D eigenvalue weighted by Crippen LogP contribution is 2.28. The Kier molecular flexibility index (Phi) is 2.83. The molecule has 1 aromatic rings. The van der Waals surface area contributed by atoms with E-state index in [4.69, 9.17) is 4.74 Å². The molecule has 1 heteroatoms. The fourth-order valence-corrected chi connectivity index (χ4v) is 2.01. The zero-order valence-corrected chi connectivity index (χ0v) is 9.97. The molecule has 82 valence electrons. The van der Waals surface area contributed by atoms with Gasteiger partial charge in [0.05, 0.1) is 13.2 Å². The predicted molar refractivity (Wildman–Crippen MR) is 62.7 cm³/mol. The molecule has 0 N–H and O–H groups in total. The highest BCUT2D eigenvalue weighted by Gasteiger charge is 2.17. The minimum absolute atomic E-state index is 0.410. The van der Waals surface area contributed by atoms with Crippen LogP contribution in [0.1, 0.15) is 43.9 Å². The molecule has 2 rings (SSSR count). The maximum atomic E-state index is 5.43. The normalized spacial score (nSPS) is 15.4. The molecule has 1 aromatic carbocycles. The van der Waals surface area contributed by atoms with Crippen LogP contribution in [0.3, 0.4) is 0 Å². The first-order chi connectivity index (χ1) is 7.11. The maximum absolute atomic E-state index is 5.43. The first kappa shape index (κ1) is 10.7. The van der Waals surface area contributed by atoms with Gasteiger partial charge in [-0.05, 0) is 28.5 Å². The summed E-state index contributed by atoms with van der Waals surface area (Å²) in [6.45, 7) is 8.52. The Morgan fingerprint density at radius 3 is 2.67 bits per heavy atom. The highest BCUT2D eigenvalue weighted by atomic mass is 16.5.